The molecule has 44 heavy (non-hydrogen) atoms. The molecule has 2 aromatic heterocycles. The van der Waals surface area contributed by atoms with Crippen molar-refractivity contribution in [1.29, 1.82) is 0 Å². The number of benzene rings is 1. The van der Waals surface area contributed by atoms with Gasteiger partial charge in [0.2, 0.25) is 11.8 Å². The SMILES string of the molecule is C[C@]1(CCCCNC(=O)CCCCC2SCC3NC(=O)NC32)Nc2ncnc(NCCc3c[nH]c4ccccc34)c2NC1=O. The van der Waals surface area contributed by atoms with Gasteiger partial charge in [-0.2, -0.15) is 11.8 Å². The van der Waals surface area contributed by atoms with Gasteiger partial charge in [0.1, 0.15) is 17.6 Å². The molecule has 1 aromatic carbocycles. The number of rotatable bonds is 14. The Balaban J connectivity index is 0.890. The average molecular weight is 620 g/mol. The van der Waals surface area contributed by atoms with Crippen LogP contribution in [-0.4, -0.2) is 74.5 Å². The van der Waals surface area contributed by atoms with Crippen LogP contribution in [0.15, 0.2) is 36.8 Å². The summed E-state index contributed by atoms with van der Waals surface area (Å²) in [7, 11) is 0. The summed E-state index contributed by atoms with van der Waals surface area (Å²) in [6, 6.07) is 8.61. The molecule has 13 heteroatoms. The van der Waals surface area contributed by atoms with Crippen LogP contribution in [-0.2, 0) is 16.0 Å². The summed E-state index contributed by atoms with van der Waals surface area (Å²) in [6.07, 6.45) is 9.81. The van der Waals surface area contributed by atoms with Crippen LogP contribution in [0.2, 0.25) is 0 Å². The minimum atomic E-state index is -0.807. The van der Waals surface area contributed by atoms with Crippen molar-refractivity contribution in [1.82, 2.24) is 30.9 Å². The lowest BCUT2D eigenvalue weighted by Gasteiger charge is -2.35. The number of hydrogen-bond donors (Lipinski definition) is 7. The van der Waals surface area contributed by atoms with Gasteiger partial charge < -0.3 is 36.9 Å². The van der Waals surface area contributed by atoms with Gasteiger partial charge in [0.15, 0.2) is 11.6 Å². The van der Waals surface area contributed by atoms with E-state index in [4.69, 9.17) is 0 Å². The van der Waals surface area contributed by atoms with Crippen LogP contribution in [0.25, 0.3) is 10.9 Å². The molecule has 2 saturated heterocycles. The molecule has 3 aromatic rings. The summed E-state index contributed by atoms with van der Waals surface area (Å²) < 4.78 is 0. The largest absolute Gasteiger partial charge is 0.368 e. The second kappa shape index (κ2) is 13.3. The molecule has 0 bridgehead atoms. The Bertz CT molecular complexity index is 1510. The molecule has 4 amide bonds. The maximum absolute atomic E-state index is 13.2. The molecule has 0 aliphatic carbocycles. The number of aromatic nitrogens is 3. The highest BCUT2D eigenvalue weighted by Gasteiger charge is 2.42. The number of carbonyl (C=O) groups is 3. The highest BCUT2D eigenvalue weighted by molar-refractivity contribution is 8.00. The maximum atomic E-state index is 13.2. The molecule has 3 aliphatic rings. The van der Waals surface area contributed by atoms with Crippen molar-refractivity contribution in [3.63, 3.8) is 0 Å². The van der Waals surface area contributed by atoms with E-state index in [0.717, 1.165) is 49.8 Å². The minimum absolute atomic E-state index is 0.0623. The topological polar surface area (TPSA) is 165 Å². The number of unbranched alkanes of at least 4 members (excludes halogenated alkanes) is 2. The number of aromatic amines is 1. The lowest BCUT2D eigenvalue weighted by atomic mass is 9.91. The highest BCUT2D eigenvalue weighted by atomic mass is 32.2. The number of hydrogen-bond acceptors (Lipinski definition) is 8. The van der Waals surface area contributed by atoms with Gasteiger partial charge in [-0.1, -0.05) is 24.6 Å². The molecular formula is C31H41N9O3S. The highest BCUT2D eigenvalue weighted by Crippen LogP contribution is 2.36. The lowest BCUT2D eigenvalue weighted by molar-refractivity contribution is -0.121. The molecule has 0 spiro atoms. The summed E-state index contributed by atoms with van der Waals surface area (Å²) in [4.78, 5) is 49.1. The van der Waals surface area contributed by atoms with E-state index in [9.17, 15) is 14.4 Å². The number of thioether (sulfide) groups is 1. The molecule has 7 N–H and O–H groups in total. The number of fused-ring (bicyclic) bond motifs is 3. The van der Waals surface area contributed by atoms with E-state index < -0.39 is 5.54 Å². The van der Waals surface area contributed by atoms with E-state index in [-0.39, 0.29) is 29.9 Å². The number of para-hydroxylation sites is 1. The fraction of sp³-hybridized carbons (Fsp3) is 0.516. The summed E-state index contributed by atoms with van der Waals surface area (Å²) >= 11 is 1.90. The molecule has 0 saturated carbocycles. The minimum Gasteiger partial charge on any atom is -0.368 e. The van der Waals surface area contributed by atoms with Gasteiger partial charge in [0, 0.05) is 47.6 Å². The van der Waals surface area contributed by atoms with E-state index in [0.29, 0.717) is 48.5 Å². The molecule has 0 radical (unpaired) electrons. The third-order valence-corrected chi connectivity index (χ3v) is 10.4. The summed E-state index contributed by atoms with van der Waals surface area (Å²) in [5.74, 6) is 2.09. The van der Waals surface area contributed by atoms with Crippen molar-refractivity contribution in [3.05, 3.63) is 42.4 Å². The molecule has 2 fully saturated rings. The monoisotopic (exact) mass is 619 g/mol. The third-order valence-electron chi connectivity index (χ3n) is 8.85. The number of amides is 4. The first-order valence-electron chi connectivity index (χ1n) is 15.6. The fourth-order valence-electron chi connectivity index (χ4n) is 6.33. The Hall–Kier alpha value is -4.00. The maximum Gasteiger partial charge on any atom is 0.315 e. The van der Waals surface area contributed by atoms with E-state index in [2.05, 4.69) is 59.0 Å². The van der Waals surface area contributed by atoms with Crippen LogP contribution in [0.1, 0.15) is 57.4 Å². The number of H-pyrrole nitrogens is 1. The van der Waals surface area contributed by atoms with Crippen LogP contribution in [0, 0.1) is 0 Å². The van der Waals surface area contributed by atoms with E-state index in [1.165, 1.54) is 17.3 Å². The Kier molecular flexibility index (Phi) is 9.10. The van der Waals surface area contributed by atoms with Gasteiger partial charge in [0.25, 0.3) is 0 Å². The van der Waals surface area contributed by atoms with Crippen molar-refractivity contribution in [2.45, 2.75) is 81.2 Å². The third kappa shape index (κ3) is 6.72. The molecule has 12 nitrogen and oxygen atoms in total. The van der Waals surface area contributed by atoms with Crippen molar-refractivity contribution in [3.8, 4) is 0 Å². The van der Waals surface area contributed by atoms with Crippen molar-refractivity contribution in [2.75, 3.05) is 34.8 Å². The predicted octanol–water partition coefficient (Wildman–Crippen LogP) is 3.75. The van der Waals surface area contributed by atoms with Crippen molar-refractivity contribution in [2.24, 2.45) is 0 Å². The fourth-order valence-corrected chi connectivity index (χ4v) is 7.87. The number of carbonyl (C=O) groups excluding carboxylic acids is 3. The summed E-state index contributed by atoms with van der Waals surface area (Å²) in [5.41, 5.74) is 2.09. The Morgan fingerprint density at radius 1 is 1.09 bits per heavy atom. The molecule has 6 rings (SSSR count). The van der Waals surface area contributed by atoms with Crippen molar-refractivity contribution < 1.29 is 14.4 Å². The molecule has 4 atom stereocenters. The van der Waals surface area contributed by atoms with Gasteiger partial charge in [0.05, 0.1) is 12.1 Å². The van der Waals surface area contributed by atoms with Gasteiger partial charge >= 0.3 is 6.03 Å². The van der Waals surface area contributed by atoms with Crippen LogP contribution >= 0.6 is 11.8 Å². The molecule has 3 unspecified atom stereocenters. The van der Waals surface area contributed by atoms with Crippen LogP contribution < -0.4 is 31.9 Å². The first kappa shape index (κ1) is 30.0. The number of nitrogens with zero attached hydrogens (tertiary/aromatic N) is 2. The molecule has 5 heterocycles. The second-order valence-corrected chi connectivity index (χ2v) is 13.3. The predicted molar refractivity (Wildman–Crippen MR) is 174 cm³/mol. The molecule has 3 aliphatic heterocycles. The van der Waals surface area contributed by atoms with Crippen LogP contribution in [0.5, 0.6) is 0 Å². The quantitative estimate of drug-likeness (QED) is 0.106. The first-order valence-corrected chi connectivity index (χ1v) is 16.6. The zero-order chi connectivity index (χ0) is 30.5. The number of nitrogens with one attached hydrogen (secondary N) is 7. The Morgan fingerprint density at radius 2 is 1.98 bits per heavy atom. The summed E-state index contributed by atoms with van der Waals surface area (Å²) in [6.45, 7) is 3.12. The average Bonchev–Trinajstić information content (AvgIpc) is 3.70. The van der Waals surface area contributed by atoms with Gasteiger partial charge in [-0.15, -0.1) is 0 Å². The van der Waals surface area contributed by atoms with E-state index in [1.807, 2.05) is 37.0 Å². The van der Waals surface area contributed by atoms with Crippen LogP contribution in [0.4, 0.5) is 22.1 Å². The van der Waals surface area contributed by atoms with Crippen LogP contribution in [0.3, 0.4) is 0 Å². The van der Waals surface area contributed by atoms with Gasteiger partial charge in [-0.3, -0.25) is 9.59 Å². The Labute approximate surface area is 261 Å². The molecule has 234 valence electrons. The number of anilines is 3. The number of urea groups is 1. The first-order chi connectivity index (χ1) is 21.4. The normalized spacial score (nSPS) is 23.7. The zero-order valence-electron chi connectivity index (χ0n) is 25.0. The van der Waals surface area contributed by atoms with E-state index >= 15 is 0 Å². The standard InChI is InChI=1S/C31H41N9O3S/c1-31(13-6-7-14-32-24(41)11-5-4-10-23-25-22(17-44-23)37-30(43)39-25)29(42)38-26-27(35-18-36-28(26)40-31)33-15-12-19-16-34-21-9-3-2-8-20(19)21/h2-3,8-9,16,18,22-23,25,34H,4-7,10-15,17H2,1H3,(H,32,41)(H,38,42)(H2,37,39,43)(H2,33,35,36,40)/t22?,23?,25?,31-/m1/s1. The van der Waals surface area contributed by atoms with Gasteiger partial charge in [-0.25, -0.2) is 14.8 Å². The lowest BCUT2D eigenvalue weighted by Crippen LogP contribution is -2.50. The zero-order valence-corrected chi connectivity index (χ0v) is 25.8. The van der Waals surface area contributed by atoms with Crippen molar-refractivity contribution >= 4 is 57.8 Å². The second-order valence-electron chi connectivity index (χ2n) is 12.1. The van der Waals surface area contributed by atoms with E-state index in [1.54, 1.807) is 0 Å². The molecular weight excluding hydrogens is 578 g/mol. The Morgan fingerprint density at radius 3 is 2.89 bits per heavy atom. The smallest absolute Gasteiger partial charge is 0.315 e. The summed E-state index contributed by atoms with van der Waals surface area (Å²) in [5, 5.41) is 20.3. The van der Waals surface area contributed by atoms with Gasteiger partial charge in [-0.05, 0) is 57.1 Å².